The molecule has 2 heterocycles. The molecule has 0 fully saturated rings. The summed E-state index contributed by atoms with van der Waals surface area (Å²) in [5, 5.41) is 10.2. The van der Waals surface area contributed by atoms with Crippen molar-refractivity contribution >= 4 is 0 Å². The number of fused-ring (bicyclic) bond motifs is 1. The number of nitrogens with zero attached hydrogens (tertiary/aromatic N) is 1. The van der Waals surface area contributed by atoms with Gasteiger partial charge in [-0.05, 0) is 35.3 Å². The fourth-order valence-corrected chi connectivity index (χ4v) is 4.24. The molecule has 0 bridgehead atoms. The lowest BCUT2D eigenvalue weighted by molar-refractivity contribution is 0.0769. The molecule has 3 aliphatic rings. The van der Waals surface area contributed by atoms with Crippen molar-refractivity contribution in [1.29, 1.82) is 0 Å². The zero-order chi connectivity index (χ0) is 15.3. The lowest BCUT2D eigenvalue weighted by atomic mass is 9.71. The number of hydrogen-bond acceptors (Lipinski definition) is 4. The molecule has 0 aromatic heterocycles. The Bertz CT molecular complexity index is 679. The van der Waals surface area contributed by atoms with Gasteiger partial charge in [0.15, 0.2) is 11.5 Å². The van der Waals surface area contributed by atoms with Crippen molar-refractivity contribution in [3.05, 3.63) is 47.1 Å². The predicted octanol–water partition coefficient (Wildman–Crippen LogP) is 2.02. The summed E-state index contributed by atoms with van der Waals surface area (Å²) in [7, 11) is 3.34. The topological polar surface area (TPSA) is 41.9 Å². The lowest BCUT2D eigenvalue weighted by Gasteiger charge is -2.48. The highest BCUT2D eigenvalue weighted by Gasteiger charge is 2.49. The Kier molecular flexibility index (Phi) is 3.06. The van der Waals surface area contributed by atoms with Crippen LogP contribution in [0.1, 0.15) is 17.5 Å². The zero-order valence-electron chi connectivity index (χ0n) is 13.0. The number of rotatable bonds is 2. The van der Waals surface area contributed by atoms with E-state index >= 15 is 0 Å². The van der Waals surface area contributed by atoms with E-state index in [9.17, 15) is 5.11 Å². The third-order valence-corrected chi connectivity index (χ3v) is 5.26. The van der Waals surface area contributed by atoms with Crippen LogP contribution < -0.4 is 9.47 Å². The van der Waals surface area contributed by atoms with Gasteiger partial charge in [0, 0.05) is 19.5 Å². The highest BCUT2D eigenvalue weighted by Crippen LogP contribution is 2.52. The summed E-state index contributed by atoms with van der Waals surface area (Å²) in [4.78, 5) is 2.48. The first-order chi connectivity index (χ1) is 10.7. The van der Waals surface area contributed by atoms with Crippen LogP contribution in [-0.4, -0.2) is 43.4 Å². The molecule has 0 radical (unpaired) electrons. The Morgan fingerprint density at radius 1 is 1.23 bits per heavy atom. The molecule has 2 aliphatic heterocycles. The molecule has 22 heavy (non-hydrogen) atoms. The van der Waals surface area contributed by atoms with Gasteiger partial charge in [-0.25, -0.2) is 0 Å². The van der Waals surface area contributed by atoms with Gasteiger partial charge in [0.1, 0.15) is 0 Å². The van der Waals surface area contributed by atoms with Crippen LogP contribution in [-0.2, 0) is 12.0 Å². The van der Waals surface area contributed by atoms with Crippen molar-refractivity contribution in [3.63, 3.8) is 0 Å². The second kappa shape index (κ2) is 4.86. The van der Waals surface area contributed by atoms with E-state index in [4.69, 9.17) is 9.47 Å². The minimum atomic E-state index is -0.406. The Hall–Kier alpha value is -1.78. The van der Waals surface area contributed by atoms with Crippen molar-refractivity contribution < 1.29 is 14.6 Å². The Balaban J connectivity index is 1.93. The maximum absolute atomic E-state index is 10.2. The first-order valence-electron chi connectivity index (χ1n) is 7.76. The van der Waals surface area contributed by atoms with Crippen molar-refractivity contribution in [2.45, 2.75) is 24.5 Å². The average molecular weight is 299 g/mol. The van der Waals surface area contributed by atoms with Gasteiger partial charge in [-0.1, -0.05) is 18.2 Å². The lowest BCUT2D eigenvalue weighted by Crippen LogP contribution is -2.51. The number of aliphatic hydroxyl groups excluding tert-OH is 1. The van der Waals surface area contributed by atoms with E-state index in [0.717, 1.165) is 31.0 Å². The third-order valence-electron chi connectivity index (χ3n) is 5.26. The van der Waals surface area contributed by atoms with Crippen molar-refractivity contribution in [3.8, 4) is 11.5 Å². The summed E-state index contributed by atoms with van der Waals surface area (Å²) in [6.07, 6.45) is 7.57. The van der Waals surface area contributed by atoms with E-state index in [-0.39, 0.29) is 5.54 Å². The smallest absolute Gasteiger partial charge is 0.161 e. The van der Waals surface area contributed by atoms with Crippen LogP contribution >= 0.6 is 0 Å². The molecule has 4 nitrogen and oxygen atoms in total. The number of ether oxygens (including phenoxy) is 2. The van der Waals surface area contributed by atoms with Gasteiger partial charge in [-0.15, -0.1) is 0 Å². The molecular formula is C18H21NO3. The highest BCUT2D eigenvalue weighted by atomic mass is 16.5. The van der Waals surface area contributed by atoms with Crippen LogP contribution in [0.5, 0.6) is 11.5 Å². The molecule has 0 amide bonds. The van der Waals surface area contributed by atoms with E-state index in [1.165, 1.54) is 16.7 Å². The molecule has 0 saturated heterocycles. The summed E-state index contributed by atoms with van der Waals surface area (Å²) in [6.45, 7) is 1.95. The van der Waals surface area contributed by atoms with Crippen LogP contribution in [0.2, 0.25) is 0 Å². The largest absolute Gasteiger partial charge is 0.493 e. The fourth-order valence-electron chi connectivity index (χ4n) is 4.24. The van der Waals surface area contributed by atoms with Crippen molar-refractivity contribution in [1.82, 2.24) is 4.90 Å². The number of aliphatic hydroxyl groups is 1. The summed E-state index contributed by atoms with van der Waals surface area (Å²) in [5.41, 5.74) is 3.64. The van der Waals surface area contributed by atoms with E-state index in [1.54, 1.807) is 14.2 Å². The first kappa shape index (κ1) is 13.9. The molecule has 4 rings (SSSR count). The highest BCUT2D eigenvalue weighted by molar-refractivity contribution is 5.57. The van der Waals surface area contributed by atoms with Crippen LogP contribution in [0, 0.1) is 0 Å². The van der Waals surface area contributed by atoms with Gasteiger partial charge in [0.2, 0.25) is 0 Å². The van der Waals surface area contributed by atoms with Crippen LogP contribution in [0.4, 0.5) is 0 Å². The van der Waals surface area contributed by atoms with Crippen molar-refractivity contribution in [2.75, 3.05) is 27.3 Å². The average Bonchev–Trinajstić information content (AvgIpc) is 2.92. The van der Waals surface area contributed by atoms with Gasteiger partial charge in [-0.2, -0.15) is 0 Å². The zero-order valence-corrected chi connectivity index (χ0v) is 13.0. The summed E-state index contributed by atoms with van der Waals surface area (Å²) in [5.74, 6) is 1.54. The minimum Gasteiger partial charge on any atom is -0.493 e. The molecule has 1 N–H and O–H groups in total. The number of benzene rings is 1. The quantitative estimate of drug-likeness (QED) is 0.907. The minimum absolute atomic E-state index is 0.207. The molecule has 0 unspecified atom stereocenters. The Labute approximate surface area is 130 Å². The van der Waals surface area contributed by atoms with Crippen LogP contribution in [0.3, 0.4) is 0 Å². The predicted molar refractivity (Wildman–Crippen MR) is 84.3 cm³/mol. The number of hydrogen-bond donors (Lipinski definition) is 1. The second-order valence-electron chi connectivity index (χ2n) is 6.21. The summed E-state index contributed by atoms with van der Waals surface area (Å²) >= 11 is 0. The third kappa shape index (κ3) is 1.71. The van der Waals surface area contributed by atoms with Gasteiger partial charge in [-0.3, -0.25) is 4.90 Å². The standard InChI is InChI=1S/C18H21NO3/c1-21-16-9-12-5-7-19-8-6-13-3-4-14(20)11-18(13,19)15(12)10-17(16)22-2/h3-4,6,9-10,14,20H,5,7-8,11H2,1-2H3/t14-,18-/m0/s1. The number of methoxy groups -OCH3 is 2. The SMILES string of the molecule is COc1cc2c(cc1OC)[C@]13C[C@@H](O)C=CC1=CCN3CC2. The van der Waals surface area contributed by atoms with Crippen molar-refractivity contribution in [2.24, 2.45) is 0 Å². The van der Waals surface area contributed by atoms with Crippen LogP contribution in [0.25, 0.3) is 0 Å². The molecule has 4 heteroatoms. The maximum Gasteiger partial charge on any atom is 0.161 e. The maximum atomic E-state index is 10.2. The van der Waals surface area contributed by atoms with Crippen LogP contribution in [0.15, 0.2) is 35.9 Å². The second-order valence-corrected chi connectivity index (χ2v) is 6.21. The van der Waals surface area contributed by atoms with Gasteiger partial charge >= 0.3 is 0 Å². The first-order valence-corrected chi connectivity index (χ1v) is 7.76. The molecule has 1 aliphatic carbocycles. The van der Waals surface area contributed by atoms with Gasteiger partial charge in [0.25, 0.3) is 0 Å². The fraction of sp³-hybridized carbons (Fsp3) is 0.444. The Morgan fingerprint density at radius 3 is 2.77 bits per heavy atom. The molecule has 2 atom stereocenters. The molecule has 1 spiro atoms. The molecule has 116 valence electrons. The van der Waals surface area contributed by atoms with E-state index < -0.39 is 6.10 Å². The van der Waals surface area contributed by atoms with Gasteiger partial charge in [0.05, 0.1) is 25.9 Å². The molecule has 1 aromatic carbocycles. The van der Waals surface area contributed by atoms with Gasteiger partial charge < -0.3 is 14.6 Å². The van der Waals surface area contributed by atoms with E-state index in [1.807, 2.05) is 6.08 Å². The van der Waals surface area contributed by atoms with E-state index in [2.05, 4.69) is 29.2 Å². The Morgan fingerprint density at radius 2 is 2.00 bits per heavy atom. The van der Waals surface area contributed by atoms with E-state index in [0.29, 0.717) is 6.42 Å². The monoisotopic (exact) mass is 299 g/mol. The summed E-state index contributed by atoms with van der Waals surface area (Å²) < 4.78 is 11.0. The molecular weight excluding hydrogens is 278 g/mol. The molecule has 1 aromatic rings. The molecule has 0 saturated carbocycles. The normalized spacial score (nSPS) is 29.4. The summed E-state index contributed by atoms with van der Waals surface area (Å²) in [6, 6.07) is 4.20.